The van der Waals surface area contributed by atoms with Crippen LogP contribution in [0.4, 0.5) is 10.2 Å². The van der Waals surface area contributed by atoms with Crippen LogP contribution in [-0.2, 0) is 0 Å². The molecule has 0 unspecified atom stereocenters. The highest BCUT2D eigenvalue weighted by atomic mass is 35.5. The van der Waals surface area contributed by atoms with Gasteiger partial charge in [0.25, 0.3) is 0 Å². The van der Waals surface area contributed by atoms with Crippen LogP contribution in [0.1, 0.15) is 0 Å². The fraction of sp³-hybridized carbons (Fsp3) is 0.100. The van der Waals surface area contributed by atoms with E-state index in [9.17, 15) is 4.39 Å². The van der Waals surface area contributed by atoms with Crippen molar-refractivity contribution >= 4 is 17.4 Å². The summed E-state index contributed by atoms with van der Waals surface area (Å²) >= 11 is 6.04. The molecule has 0 aliphatic heterocycles. The Morgan fingerprint density at radius 1 is 1.44 bits per heavy atom. The minimum atomic E-state index is -0.440. The second-order valence-corrected chi connectivity index (χ2v) is 3.55. The van der Waals surface area contributed by atoms with Crippen molar-refractivity contribution in [3.63, 3.8) is 0 Å². The summed E-state index contributed by atoms with van der Waals surface area (Å²) in [5.74, 6) is 0.142. The van der Waals surface area contributed by atoms with Crippen molar-refractivity contribution in [2.75, 3.05) is 12.8 Å². The molecule has 16 heavy (non-hydrogen) atoms. The average molecular weight is 242 g/mol. The number of anilines is 1. The third-order valence-electron chi connectivity index (χ3n) is 2.11. The molecule has 6 heteroatoms. The molecule has 1 aromatic heterocycles. The number of nitrogen functional groups attached to an aromatic ring is 1. The molecule has 0 aliphatic carbocycles. The SMILES string of the molecule is COc1cc(F)cc(-c2cc(N)n[nH]2)c1Cl. The molecule has 0 fully saturated rings. The Labute approximate surface area is 96.2 Å². The fourth-order valence-corrected chi connectivity index (χ4v) is 1.67. The first-order valence-electron chi connectivity index (χ1n) is 4.46. The number of H-pyrrole nitrogens is 1. The van der Waals surface area contributed by atoms with Gasteiger partial charge in [-0.2, -0.15) is 5.10 Å². The Bertz CT molecular complexity index is 527. The zero-order valence-electron chi connectivity index (χ0n) is 8.42. The number of nitrogens with zero attached hydrogens (tertiary/aromatic N) is 1. The van der Waals surface area contributed by atoms with Crippen molar-refractivity contribution in [3.05, 3.63) is 29.0 Å². The summed E-state index contributed by atoms with van der Waals surface area (Å²) in [6.07, 6.45) is 0. The van der Waals surface area contributed by atoms with Crippen LogP contribution in [0.3, 0.4) is 0 Å². The highest BCUT2D eigenvalue weighted by Gasteiger charge is 2.13. The van der Waals surface area contributed by atoms with E-state index in [0.29, 0.717) is 22.1 Å². The molecule has 0 saturated carbocycles. The van der Waals surface area contributed by atoms with E-state index in [1.54, 1.807) is 6.07 Å². The van der Waals surface area contributed by atoms with Gasteiger partial charge in [-0.3, -0.25) is 5.10 Å². The Balaban J connectivity index is 2.60. The van der Waals surface area contributed by atoms with E-state index in [2.05, 4.69) is 10.2 Å². The van der Waals surface area contributed by atoms with Gasteiger partial charge in [0, 0.05) is 17.7 Å². The molecule has 2 rings (SSSR count). The number of ether oxygens (including phenoxy) is 1. The number of methoxy groups -OCH3 is 1. The topological polar surface area (TPSA) is 63.9 Å². The molecule has 3 N–H and O–H groups in total. The maximum absolute atomic E-state index is 13.3. The van der Waals surface area contributed by atoms with E-state index < -0.39 is 5.82 Å². The summed E-state index contributed by atoms with van der Waals surface area (Å²) in [5, 5.41) is 6.72. The van der Waals surface area contributed by atoms with Crippen molar-refractivity contribution in [2.45, 2.75) is 0 Å². The third kappa shape index (κ3) is 1.81. The van der Waals surface area contributed by atoms with Gasteiger partial charge in [0.1, 0.15) is 17.4 Å². The summed E-state index contributed by atoms with van der Waals surface area (Å²) in [4.78, 5) is 0. The Kier molecular flexibility index (Phi) is 2.70. The Morgan fingerprint density at radius 3 is 2.75 bits per heavy atom. The predicted molar refractivity (Wildman–Crippen MR) is 60.0 cm³/mol. The molecule has 2 aromatic rings. The summed E-state index contributed by atoms with van der Waals surface area (Å²) in [6, 6.07) is 4.07. The van der Waals surface area contributed by atoms with Gasteiger partial charge in [-0.25, -0.2) is 4.39 Å². The van der Waals surface area contributed by atoms with E-state index >= 15 is 0 Å². The van der Waals surface area contributed by atoms with Crippen molar-refractivity contribution < 1.29 is 9.13 Å². The lowest BCUT2D eigenvalue weighted by Crippen LogP contribution is -1.90. The minimum absolute atomic E-state index is 0.268. The number of halogens is 2. The highest BCUT2D eigenvalue weighted by Crippen LogP contribution is 2.35. The van der Waals surface area contributed by atoms with Crippen molar-refractivity contribution in [2.24, 2.45) is 0 Å². The second kappa shape index (κ2) is 4.02. The first-order chi connectivity index (χ1) is 7.61. The lowest BCUT2D eigenvalue weighted by molar-refractivity contribution is 0.412. The van der Waals surface area contributed by atoms with E-state index in [1.807, 2.05) is 0 Å². The van der Waals surface area contributed by atoms with E-state index in [0.717, 1.165) is 0 Å². The first-order valence-corrected chi connectivity index (χ1v) is 4.84. The third-order valence-corrected chi connectivity index (χ3v) is 2.50. The molecule has 1 heterocycles. The van der Waals surface area contributed by atoms with Gasteiger partial charge < -0.3 is 10.5 Å². The quantitative estimate of drug-likeness (QED) is 0.849. The normalized spacial score (nSPS) is 10.4. The highest BCUT2D eigenvalue weighted by molar-refractivity contribution is 6.34. The maximum atomic E-state index is 13.3. The Morgan fingerprint density at radius 2 is 2.19 bits per heavy atom. The molecule has 1 aromatic carbocycles. The summed E-state index contributed by atoms with van der Waals surface area (Å²) < 4.78 is 18.2. The largest absolute Gasteiger partial charge is 0.495 e. The van der Waals surface area contributed by atoms with Crippen molar-refractivity contribution in [1.82, 2.24) is 10.2 Å². The average Bonchev–Trinajstić information content (AvgIpc) is 2.67. The molecule has 0 radical (unpaired) electrons. The van der Waals surface area contributed by atoms with Gasteiger partial charge in [-0.05, 0) is 6.07 Å². The molecule has 0 saturated heterocycles. The van der Waals surface area contributed by atoms with E-state index in [4.69, 9.17) is 22.1 Å². The number of benzene rings is 1. The number of aromatic nitrogens is 2. The number of hydrogen-bond acceptors (Lipinski definition) is 3. The zero-order chi connectivity index (χ0) is 11.7. The molecule has 0 amide bonds. The van der Waals surface area contributed by atoms with Crippen LogP contribution < -0.4 is 10.5 Å². The number of aromatic amines is 1. The lowest BCUT2D eigenvalue weighted by atomic mass is 10.1. The monoisotopic (exact) mass is 241 g/mol. The van der Waals surface area contributed by atoms with Crippen LogP contribution in [-0.4, -0.2) is 17.3 Å². The van der Waals surface area contributed by atoms with Crippen LogP contribution in [0.25, 0.3) is 11.3 Å². The predicted octanol–water partition coefficient (Wildman–Crippen LogP) is 2.46. The summed E-state index contributed by atoms with van der Waals surface area (Å²) in [7, 11) is 1.42. The maximum Gasteiger partial charge on any atom is 0.145 e. The van der Waals surface area contributed by atoms with Gasteiger partial charge in [-0.15, -0.1) is 0 Å². The van der Waals surface area contributed by atoms with Gasteiger partial charge in [0.2, 0.25) is 0 Å². The second-order valence-electron chi connectivity index (χ2n) is 3.18. The standard InChI is InChI=1S/C10H9ClFN3O/c1-16-8-3-5(12)2-6(10(8)11)7-4-9(13)15-14-7/h2-4H,1H3,(H3,13,14,15). The molecule has 84 valence electrons. The zero-order valence-corrected chi connectivity index (χ0v) is 9.18. The van der Waals surface area contributed by atoms with Gasteiger partial charge in [0.05, 0.1) is 17.8 Å². The number of rotatable bonds is 2. The summed E-state index contributed by atoms with van der Waals surface area (Å²) in [6.45, 7) is 0. The molecular formula is C10H9ClFN3O. The first kappa shape index (κ1) is 10.8. The van der Waals surface area contributed by atoms with Crippen molar-refractivity contribution in [1.29, 1.82) is 0 Å². The number of nitrogens with one attached hydrogen (secondary N) is 1. The molecule has 0 atom stereocenters. The van der Waals surface area contributed by atoms with E-state index in [1.165, 1.54) is 19.2 Å². The van der Waals surface area contributed by atoms with Gasteiger partial charge >= 0.3 is 0 Å². The molecular weight excluding hydrogens is 233 g/mol. The summed E-state index contributed by atoms with van der Waals surface area (Å²) in [5.41, 5.74) is 6.47. The molecule has 0 bridgehead atoms. The molecule has 0 spiro atoms. The van der Waals surface area contributed by atoms with E-state index in [-0.39, 0.29) is 5.75 Å². The van der Waals surface area contributed by atoms with Crippen LogP contribution in [0.2, 0.25) is 5.02 Å². The van der Waals surface area contributed by atoms with Crippen LogP contribution >= 0.6 is 11.6 Å². The minimum Gasteiger partial charge on any atom is -0.495 e. The molecule has 0 aliphatic rings. The van der Waals surface area contributed by atoms with Crippen molar-refractivity contribution in [3.8, 4) is 17.0 Å². The van der Waals surface area contributed by atoms with Gasteiger partial charge in [0.15, 0.2) is 0 Å². The van der Waals surface area contributed by atoms with Gasteiger partial charge in [-0.1, -0.05) is 11.6 Å². The van der Waals surface area contributed by atoms with Crippen LogP contribution in [0, 0.1) is 5.82 Å². The Hall–Kier alpha value is -1.75. The van der Waals surface area contributed by atoms with Crippen LogP contribution in [0.5, 0.6) is 5.75 Å². The number of nitrogens with two attached hydrogens (primary N) is 1. The fourth-order valence-electron chi connectivity index (χ4n) is 1.38. The molecule has 4 nitrogen and oxygen atoms in total. The smallest absolute Gasteiger partial charge is 0.145 e. The number of hydrogen-bond donors (Lipinski definition) is 2. The lowest BCUT2D eigenvalue weighted by Gasteiger charge is -2.07. The van der Waals surface area contributed by atoms with Crippen LogP contribution in [0.15, 0.2) is 18.2 Å².